The Morgan fingerprint density at radius 1 is 0.976 bits per heavy atom. The number of benzene rings is 3. The lowest BCUT2D eigenvalue weighted by Crippen LogP contribution is -2.63. The number of carbonyl (C=O) groups excluding carboxylic acids is 2. The molecule has 41 heavy (non-hydrogen) atoms. The van der Waals surface area contributed by atoms with E-state index in [1.165, 1.54) is 11.9 Å². The molecule has 0 aromatic heterocycles. The second kappa shape index (κ2) is 13.4. The van der Waals surface area contributed by atoms with Crippen LogP contribution in [0.2, 0.25) is 0 Å². The van der Waals surface area contributed by atoms with Crippen LogP contribution in [0.1, 0.15) is 41.3 Å². The van der Waals surface area contributed by atoms with Gasteiger partial charge in [-0.3, -0.25) is 9.69 Å². The topological polar surface area (TPSA) is 116 Å². The number of amides is 4. The highest BCUT2D eigenvalue weighted by Gasteiger charge is 2.54. The number of aliphatic hydroxyl groups excluding tert-OH is 1. The minimum absolute atomic E-state index is 0.142. The Labute approximate surface area is 240 Å². The van der Waals surface area contributed by atoms with Crippen molar-refractivity contribution in [2.24, 2.45) is 0 Å². The van der Waals surface area contributed by atoms with E-state index in [2.05, 4.69) is 5.32 Å². The maximum absolute atomic E-state index is 13.4. The molecule has 0 saturated carbocycles. The van der Waals surface area contributed by atoms with Gasteiger partial charge in [-0.25, -0.2) is 4.79 Å². The third-order valence-electron chi connectivity index (χ3n) is 7.80. The lowest BCUT2D eigenvalue weighted by molar-refractivity contribution is -0.791. The van der Waals surface area contributed by atoms with E-state index < -0.39 is 28.8 Å². The van der Waals surface area contributed by atoms with E-state index in [9.17, 15) is 24.6 Å². The molecule has 1 fully saturated rings. The molecule has 0 spiro atoms. The second-order valence-corrected chi connectivity index (χ2v) is 10.7. The summed E-state index contributed by atoms with van der Waals surface area (Å²) in [6.07, 6.45) is -0.788. The van der Waals surface area contributed by atoms with E-state index >= 15 is 0 Å². The van der Waals surface area contributed by atoms with Crippen molar-refractivity contribution >= 4 is 18.0 Å². The van der Waals surface area contributed by atoms with Crippen molar-refractivity contribution in [3.63, 3.8) is 0 Å². The minimum atomic E-state index is -1.19. The van der Waals surface area contributed by atoms with Crippen LogP contribution >= 0.6 is 0 Å². The quantitative estimate of drug-likeness (QED) is 0.310. The Balaban J connectivity index is 1.47. The van der Waals surface area contributed by atoms with Crippen LogP contribution in [0.4, 0.5) is 9.59 Å². The first-order valence-corrected chi connectivity index (χ1v) is 13.9. The van der Waals surface area contributed by atoms with Gasteiger partial charge < -0.3 is 20.3 Å². The number of quaternary nitrogens is 1. The van der Waals surface area contributed by atoms with Crippen LogP contribution in [0.3, 0.4) is 0 Å². The van der Waals surface area contributed by atoms with Crippen LogP contribution in [0.15, 0.2) is 84.9 Å². The maximum Gasteiger partial charge on any atom is 0.523 e. The molecule has 1 aliphatic rings. The van der Waals surface area contributed by atoms with Gasteiger partial charge in [-0.1, -0.05) is 60.7 Å². The predicted octanol–water partition coefficient (Wildman–Crippen LogP) is 4.70. The van der Waals surface area contributed by atoms with Gasteiger partial charge in [0.1, 0.15) is 18.4 Å². The molecule has 3 aromatic carbocycles. The lowest BCUT2D eigenvalue weighted by atomic mass is 10.00. The van der Waals surface area contributed by atoms with Crippen molar-refractivity contribution in [2.45, 2.75) is 51.0 Å². The molecular formula is C32H38N3O6+. The van der Waals surface area contributed by atoms with Crippen molar-refractivity contribution in [1.29, 1.82) is 0 Å². The van der Waals surface area contributed by atoms with Gasteiger partial charge in [0.05, 0.1) is 25.2 Å². The Morgan fingerprint density at radius 3 is 2.20 bits per heavy atom. The molecular weight excluding hydrogens is 522 g/mol. The van der Waals surface area contributed by atoms with Gasteiger partial charge >= 0.3 is 12.1 Å². The summed E-state index contributed by atoms with van der Waals surface area (Å²) in [6, 6.07) is 24.3. The van der Waals surface area contributed by atoms with E-state index in [1.807, 2.05) is 60.7 Å². The van der Waals surface area contributed by atoms with Crippen LogP contribution in [0.25, 0.3) is 0 Å². The normalized spacial score (nSPS) is 19.6. The van der Waals surface area contributed by atoms with Crippen LogP contribution in [-0.2, 0) is 13.0 Å². The van der Waals surface area contributed by atoms with Crippen molar-refractivity contribution in [2.75, 3.05) is 20.1 Å². The number of rotatable bonds is 10. The number of urea groups is 1. The zero-order chi connectivity index (χ0) is 29.4. The average Bonchev–Trinajstić information content (AvgIpc) is 3.39. The highest BCUT2D eigenvalue weighted by Crippen LogP contribution is 2.29. The highest BCUT2D eigenvalue weighted by atomic mass is 16.5. The number of ether oxygens (including phenoxy) is 1. The van der Waals surface area contributed by atoms with Crippen LogP contribution in [0.5, 0.6) is 5.75 Å². The molecule has 4 rings (SSSR count). The predicted molar refractivity (Wildman–Crippen MR) is 154 cm³/mol. The largest absolute Gasteiger partial charge is 0.523 e. The number of likely N-dealkylation sites (tertiary alicyclic amines) is 1. The van der Waals surface area contributed by atoms with Gasteiger partial charge in [0.15, 0.2) is 0 Å². The summed E-state index contributed by atoms with van der Waals surface area (Å²) >= 11 is 0. The number of likely N-dealkylation sites (N-methyl/N-ethyl adjacent to an activating group) is 1. The number of nitrogens with zero attached hydrogens (tertiary/aromatic N) is 2. The molecule has 1 heterocycles. The molecule has 0 radical (unpaired) electrons. The van der Waals surface area contributed by atoms with Gasteiger partial charge in [-0.2, -0.15) is 4.79 Å². The van der Waals surface area contributed by atoms with Crippen LogP contribution in [0, 0.1) is 0 Å². The molecule has 3 unspecified atom stereocenters. The molecule has 9 nitrogen and oxygen atoms in total. The number of hydrogen-bond donors (Lipinski definition) is 3. The fourth-order valence-corrected chi connectivity index (χ4v) is 5.36. The molecule has 0 aliphatic carbocycles. The van der Waals surface area contributed by atoms with E-state index in [-0.39, 0.29) is 31.5 Å². The average molecular weight is 561 g/mol. The zero-order valence-corrected chi connectivity index (χ0v) is 23.5. The first-order valence-electron chi connectivity index (χ1n) is 13.9. The van der Waals surface area contributed by atoms with E-state index in [4.69, 9.17) is 4.74 Å². The smallest absolute Gasteiger partial charge is 0.489 e. The molecule has 9 heteroatoms. The Hall–Kier alpha value is -4.21. The van der Waals surface area contributed by atoms with E-state index in [0.29, 0.717) is 30.8 Å². The number of carbonyl (C=O) groups is 3. The molecule has 1 aliphatic heterocycles. The highest BCUT2D eigenvalue weighted by molar-refractivity contribution is 5.94. The molecule has 4 amide bonds. The maximum atomic E-state index is 13.4. The molecule has 3 aromatic rings. The molecule has 4 atom stereocenters. The van der Waals surface area contributed by atoms with Gasteiger partial charge in [0.25, 0.3) is 5.91 Å². The number of imide groups is 1. The first-order chi connectivity index (χ1) is 19.7. The summed E-state index contributed by atoms with van der Waals surface area (Å²) in [5, 5.41) is 24.2. The number of nitrogens with one attached hydrogen (secondary N) is 1. The van der Waals surface area contributed by atoms with E-state index in [0.717, 1.165) is 11.1 Å². The third-order valence-corrected chi connectivity index (χ3v) is 7.80. The minimum Gasteiger partial charge on any atom is -0.489 e. The molecule has 3 N–H and O–H groups in total. The van der Waals surface area contributed by atoms with E-state index in [1.54, 1.807) is 31.2 Å². The number of aliphatic hydroxyl groups is 1. The molecule has 1 saturated heterocycles. The standard InChI is InChI=1S/C32H37N3O6/c1-23-10-9-19-35(23,32(39)40)31(38)34(2)21-29(36)28(33-30(37)26-13-7-4-8-14-26)20-24-15-17-27(18-16-24)41-22-25-11-5-3-6-12-25/h3-8,11-18,23,28-29,36H,9-10,19-22H2,1-2H3,(H-,33,37,39,40)/p+1/t23-,28?,29?,35?/m1/s1. The first kappa shape index (κ1) is 29.8. The Bertz CT molecular complexity index is 1320. The van der Waals surface area contributed by atoms with Crippen LogP contribution < -0.4 is 10.1 Å². The lowest BCUT2D eigenvalue weighted by Gasteiger charge is -2.34. The van der Waals surface area contributed by atoms with Gasteiger partial charge in [-0.05, 0) is 48.7 Å². The van der Waals surface area contributed by atoms with Crippen LogP contribution in [-0.4, -0.2) is 76.0 Å². The molecule has 216 valence electrons. The summed E-state index contributed by atoms with van der Waals surface area (Å²) in [4.78, 5) is 39.9. The van der Waals surface area contributed by atoms with Crippen molar-refractivity contribution in [1.82, 2.24) is 10.2 Å². The summed E-state index contributed by atoms with van der Waals surface area (Å²) in [5.74, 6) is 0.337. The van der Waals surface area contributed by atoms with Crippen molar-refractivity contribution in [3.8, 4) is 5.75 Å². The zero-order valence-electron chi connectivity index (χ0n) is 23.5. The fraction of sp³-hybridized carbons (Fsp3) is 0.344. The van der Waals surface area contributed by atoms with Crippen molar-refractivity contribution < 1.29 is 33.8 Å². The summed E-state index contributed by atoms with van der Waals surface area (Å²) < 4.78 is 5.19. The fourth-order valence-electron chi connectivity index (χ4n) is 5.36. The summed E-state index contributed by atoms with van der Waals surface area (Å²) in [7, 11) is 1.49. The SMILES string of the molecule is C[C@@H]1CCC[N+]1(C(=O)O)C(=O)N(C)CC(O)C(Cc1ccc(OCc2ccccc2)cc1)NC(=O)c1ccccc1. The van der Waals surface area contributed by atoms with Gasteiger partial charge in [0, 0.05) is 25.5 Å². The monoisotopic (exact) mass is 560 g/mol. The van der Waals surface area contributed by atoms with Crippen molar-refractivity contribution in [3.05, 3.63) is 102 Å². The summed E-state index contributed by atoms with van der Waals surface area (Å²) in [6.45, 7) is 2.27. The molecule has 0 bridgehead atoms. The second-order valence-electron chi connectivity index (χ2n) is 10.7. The van der Waals surface area contributed by atoms with Gasteiger partial charge in [-0.15, -0.1) is 4.48 Å². The Kier molecular flexibility index (Phi) is 9.75. The summed E-state index contributed by atoms with van der Waals surface area (Å²) in [5.41, 5.74) is 2.35. The Morgan fingerprint density at radius 2 is 1.61 bits per heavy atom. The third kappa shape index (κ3) is 7.11. The number of hydrogen-bond acceptors (Lipinski definition) is 5. The van der Waals surface area contributed by atoms with Gasteiger partial charge in [0.2, 0.25) is 0 Å². The number of carboxylic acid groups (broad SMARTS) is 1.